The highest BCUT2D eigenvalue weighted by Crippen LogP contribution is 2.25. The molecule has 0 bridgehead atoms. The largest absolute Gasteiger partial charge is 0.313 e. The molecule has 0 aliphatic rings. The molecular formula is C11H11BrF2N4. The predicted molar refractivity (Wildman–Crippen MR) is 66.5 cm³/mol. The Balaban J connectivity index is 2.65. The molecule has 0 saturated carbocycles. The first kappa shape index (κ1) is 13.1. The number of benzene rings is 1. The zero-order chi connectivity index (χ0) is 13.3. The second-order valence-electron chi connectivity index (χ2n) is 3.71. The molecule has 96 valence electrons. The Bertz CT molecular complexity index is 583. The van der Waals surface area contributed by atoms with E-state index in [4.69, 9.17) is 0 Å². The Kier molecular flexibility index (Phi) is 3.72. The highest BCUT2D eigenvalue weighted by Gasteiger charge is 2.19. The Hall–Kier alpha value is -1.34. The second kappa shape index (κ2) is 5.11. The van der Waals surface area contributed by atoms with Crippen molar-refractivity contribution in [2.75, 3.05) is 7.05 Å². The van der Waals surface area contributed by atoms with Gasteiger partial charge in [-0.2, -0.15) is 5.10 Å². The van der Waals surface area contributed by atoms with Crippen LogP contribution in [0.15, 0.2) is 16.6 Å². The van der Waals surface area contributed by atoms with Crippen molar-refractivity contribution in [1.82, 2.24) is 20.1 Å². The van der Waals surface area contributed by atoms with E-state index in [2.05, 4.69) is 31.3 Å². The maximum Gasteiger partial charge on any atom is 0.166 e. The Morgan fingerprint density at radius 2 is 2.11 bits per heavy atom. The van der Waals surface area contributed by atoms with Crippen LogP contribution in [0.4, 0.5) is 8.78 Å². The van der Waals surface area contributed by atoms with Gasteiger partial charge >= 0.3 is 0 Å². The molecule has 2 rings (SSSR count). The fourth-order valence-electron chi connectivity index (χ4n) is 1.62. The van der Waals surface area contributed by atoms with Crippen LogP contribution in [-0.2, 0) is 6.54 Å². The third-order valence-electron chi connectivity index (χ3n) is 2.35. The molecule has 0 spiro atoms. The second-order valence-corrected chi connectivity index (χ2v) is 4.56. The quantitative estimate of drug-likeness (QED) is 0.884. The highest BCUT2D eigenvalue weighted by atomic mass is 79.9. The van der Waals surface area contributed by atoms with Gasteiger partial charge in [-0.25, -0.2) is 18.4 Å². The third-order valence-corrected chi connectivity index (χ3v) is 2.96. The maximum absolute atomic E-state index is 14.0. The molecule has 0 unspecified atom stereocenters. The lowest BCUT2D eigenvalue weighted by Crippen LogP contribution is -2.14. The van der Waals surface area contributed by atoms with Crippen LogP contribution in [0, 0.1) is 18.6 Å². The summed E-state index contributed by atoms with van der Waals surface area (Å²) in [5.74, 6) is -0.472. The number of nitrogens with zero attached hydrogens (tertiary/aromatic N) is 3. The molecule has 1 N–H and O–H groups in total. The first-order chi connectivity index (χ1) is 8.54. The van der Waals surface area contributed by atoms with E-state index in [-0.39, 0.29) is 10.2 Å². The van der Waals surface area contributed by atoms with E-state index >= 15 is 0 Å². The lowest BCUT2D eigenvalue weighted by molar-refractivity contribution is 0.547. The topological polar surface area (TPSA) is 42.7 Å². The van der Waals surface area contributed by atoms with Crippen molar-refractivity contribution in [1.29, 1.82) is 0 Å². The lowest BCUT2D eigenvalue weighted by atomic mass is 10.3. The van der Waals surface area contributed by atoms with Gasteiger partial charge < -0.3 is 5.32 Å². The number of rotatable bonds is 3. The van der Waals surface area contributed by atoms with Gasteiger partial charge in [0.05, 0.1) is 11.0 Å². The number of hydrogen-bond acceptors (Lipinski definition) is 3. The lowest BCUT2D eigenvalue weighted by Gasteiger charge is -2.08. The molecule has 1 aromatic heterocycles. The minimum atomic E-state index is -0.697. The van der Waals surface area contributed by atoms with Gasteiger partial charge in [0.1, 0.15) is 17.3 Å². The first-order valence-corrected chi connectivity index (χ1v) is 6.05. The molecule has 0 saturated heterocycles. The van der Waals surface area contributed by atoms with Crippen molar-refractivity contribution in [3.05, 3.63) is 39.9 Å². The van der Waals surface area contributed by atoms with Gasteiger partial charge in [-0.15, -0.1) is 0 Å². The van der Waals surface area contributed by atoms with Crippen LogP contribution >= 0.6 is 15.9 Å². The summed E-state index contributed by atoms with van der Waals surface area (Å²) in [7, 11) is 1.72. The number of aromatic nitrogens is 3. The number of aryl methyl sites for hydroxylation is 1. The van der Waals surface area contributed by atoms with Crippen molar-refractivity contribution in [3.63, 3.8) is 0 Å². The van der Waals surface area contributed by atoms with Crippen LogP contribution in [0.1, 0.15) is 11.6 Å². The Labute approximate surface area is 111 Å². The van der Waals surface area contributed by atoms with Crippen LogP contribution in [0.3, 0.4) is 0 Å². The normalized spacial score (nSPS) is 10.9. The molecule has 1 heterocycles. The van der Waals surface area contributed by atoms with E-state index in [1.807, 2.05) is 0 Å². The zero-order valence-electron chi connectivity index (χ0n) is 9.84. The highest BCUT2D eigenvalue weighted by molar-refractivity contribution is 9.10. The van der Waals surface area contributed by atoms with Crippen molar-refractivity contribution >= 4 is 15.9 Å². The summed E-state index contributed by atoms with van der Waals surface area (Å²) in [5, 5.41) is 6.91. The van der Waals surface area contributed by atoms with Gasteiger partial charge in [0.25, 0.3) is 0 Å². The molecule has 0 amide bonds. The maximum atomic E-state index is 14.0. The summed E-state index contributed by atoms with van der Waals surface area (Å²) in [6.07, 6.45) is 0. The molecule has 7 heteroatoms. The SMILES string of the molecule is CNCc1nc(C)nn1-c1c(F)ccc(Br)c1F. The van der Waals surface area contributed by atoms with Gasteiger partial charge in [-0.1, -0.05) is 0 Å². The van der Waals surface area contributed by atoms with Gasteiger partial charge in [0.15, 0.2) is 11.6 Å². The molecule has 1 aromatic carbocycles. The van der Waals surface area contributed by atoms with Crippen LogP contribution in [0.2, 0.25) is 0 Å². The molecule has 0 aliphatic carbocycles. The average Bonchev–Trinajstić information content (AvgIpc) is 2.66. The summed E-state index contributed by atoms with van der Waals surface area (Å²) in [6, 6.07) is 2.50. The number of halogens is 3. The summed E-state index contributed by atoms with van der Waals surface area (Å²) in [6.45, 7) is 2.04. The Morgan fingerprint density at radius 1 is 1.39 bits per heavy atom. The molecule has 0 radical (unpaired) electrons. The van der Waals surface area contributed by atoms with Crippen LogP contribution in [-0.4, -0.2) is 21.8 Å². The van der Waals surface area contributed by atoms with Gasteiger partial charge in [0, 0.05) is 0 Å². The first-order valence-electron chi connectivity index (χ1n) is 5.25. The minimum Gasteiger partial charge on any atom is -0.313 e. The Morgan fingerprint density at radius 3 is 2.78 bits per heavy atom. The molecule has 4 nitrogen and oxygen atoms in total. The molecule has 0 aliphatic heterocycles. The van der Waals surface area contributed by atoms with Crippen molar-refractivity contribution in [2.24, 2.45) is 0 Å². The fraction of sp³-hybridized carbons (Fsp3) is 0.273. The summed E-state index contributed by atoms with van der Waals surface area (Å²) < 4.78 is 29.1. The smallest absolute Gasteiger partial charge is 0.166 e. The fourth-order valence-corrected chi connectivity index (χ4v) is 1.94. The van der Waals surface area contributed by atoms with Crippen molar-refractivity contribution in [2.45, 2.75) is 13.5 Å². The molecule has 0 atom stereocenters. The minimum absolute atomic E-state index is 0.183. The monoisotopic (exact) mass is 316 g/mol. The molecule has 18 heavy (non-hydrogen) atoms. The van der Waals surface area contributed by atoms with Gasteiger partial charge in [0.2, 0.25) is 0 Å². The van der Waals surface area contributed by atoms with E-state index in [0.29, 0.717) is 18.2 Å². The van der Waals surface area contributed by atoms with Gasteiger partial charge in [-0.3, -0.25) is 0 Å². The summed E-state index contributed by atoms with van der Waals surface area (Å²) >= 11 is 3.03. The third kappa shape index (κ3) is 2.28. The van der Waals surface area contributed by atoms with Crippen molar-refractivity contribution < 1.29 is 8.78 Å². The number of hydrogen-bond donors (Lipinski definition) is 1. The van der Waals surface area contributed by atoms with E-state index in [9.17, 15) is 8.78 Å². The van der Waals surface area contributed by atoms with E-state index in [0.717, 1.165) is 0 Å². The summed E-state index contributed by atoms with van der Waals surface area (Å²) in [5.41, 5.74) is -0.227. The van der Waals surface area contributed by atoms with E-state index < -0.39 is 11.6 Å². The standard InChI is InChI=1S/C11H11BrF2N4/c1-6-16-9(5-15-2)18(17-6)11-8(13)4-3-7(12)10(11)14/h3-4,15H,5H2,1-2H3. The van der Waals surface area contributed by atoms with E-state index in [1.54, 1.807) is 14.0 Å². The summed E-state index contributed by atoms with van der Waals surface area (Å²) in [4.78, 5) is 4.13. The molecular weight excluding hydrogens is 306 g/mol. The van der Waals surface area contributed by atoms with E-state index in [1.165, 1.54) is 16.8 Å². The van der Waals surface area contributed by atoms with Gasteiger partial charge in [-0.05, 0) is 42.0 Å². The molecule has 0 fully saturated rings. The van der Waals surface area contributed by atoms with Crippen LogP contribution in [0.25, 0.3) is 5.69 Å². The predicted octanol–water partition coefficient (Wildman–Crippen LogP) is 2.34. The molecule has 2 aromatic rings. The average molecular weight is 317 g/mol. The van der Waals surface area contributed by atoms with Crippen LogP contribution < -0.4 is 5.32 Å². The van der Waals surface area contributed by atoms with Crippen molar-refractivity contribution in [3.8, 4) is 5.69 Å². The zero-order valence-corrected chi connectivity index (χ0v) is 11.4. The number of nitrogens with one attached hydrogen (secondary N) is 1. The van der Waals surface area contributed by atoms with Crippen LogP contribution in [0.5, 0.6) is 0 Å².